The molecule has 0 unspecified atom stereocenters. The first-order chi connectivity index (χ1) is 13.6. The van der Waals surface area contributed by atoms with Gasteiger partial charge in [0.1, 0.15) is 5.75 Å². The average Bonchev–Trinajstić information content (AvgIpc) is 2.71. The van der Waals surface area contributed by atoms with Crippen molar-refractivity contribution >= 4 is 29.9 Å². The molecule has 168 valence electrons. The van der Waals surface area contributed by atoms with E-state index in [1.54, 1.807) is 28.4 Å². The van der Waals surface area contributed by atoms with Gasteiger partial charge in [-0.3, -0.25) is 0 Å². The first-order valence-corrected chi connectivity index (χ1v) is 9.58. The van der Waals surface area contributed by atoms with Crippen molar-refractivity contribution in [2.24, 2.45) is 4.99 Å². The summed E-state index contributed by atoms with van der Waals surface area (Å²) in [5.74, 6) is 2.78. The number of likely N-dealkylation sites (N-methyl/N-ethyl adjacent to an activating group) is 1. The molecule has 9 heteroatoms. The van der Waals surface area contributed by atoms with Crippen LogP contribution in [0.5, 0.6) is 17.2 Å². The largest absolute Gasteiger partial charge is 0.496 e. The van der Waals surface area contributed by atoms with Gasteiger partial charge in [0.2, 0.25) is 0 Å². The molecule has 0 aliphatic heterocycles. The van der Waals surface area contributed by atoms with E-state index in [-0.39, 0.29) is 24.0 Å². The zero-order chi connectivity index (χ0) is 20.8. The molecule has 0 aliphatic carbocycles. The predicted octanol–water partition coefficient (Wildman–Crippen LogP) is 2.35. The van der Waals surface area contributed by atoms with Crippen LogP contribution in [0, 0.1) is 0 Å². The number of benzene rings is 1. The van der Waals surface area contributed by atoms with Crippen molar-refractivity contribution in [2.45, 2.75) is 19.9 Å². The molecule has 0 spiro atoms. The Bertz CT molecular complexity index is 602. The number of hydrogen-bond donors (Lipinski definition) is 2. The van der Waals surface area contributed by atoms with Gasteiger partial charge in [-0.25, -0.2) is 4.99 Å². The number of methoxy groups -OCH3 is 4. The van der Waals surface area contributed by atoms with Gasteiger partial charge in [0.15, 0.2) is 17.5 Å². The number of nitrogens with zero attached hydrogens (tertiary/aromatic N) is 2. The van der Waals surface area contributed by atoms with E-state index in [2.05, 4.69) is 27.6 Å². The summed E-state index contributed by atoms with van der Waals surface area (Å²) in [4.78, 5) is 6.95. The normalized spacial score (nSPS) is 11.1. The molecular formula is C20H37IN4O4. The summed E-state index contributed by atoms with van der Waals surface area (Å²) in [6.45, 7) is 6.82. The van der Waals surface area contributed by atoms with Crippen molar-refractivity contribution in [1.29, 1.82) is 0 Å². The lowest BCUT2D eigenvalue weighted by Gasteiger charge is -2.18. The summed E-state index contributed by atoms with van der Waals surface area (Å²) >= 11 is 0. The zero-order valence-electron chi connectivity index (χ0n) is 18.5. The predicted molar refractivity (Wildman–Crippen MR) is 128 cm³/mol. The van der Waals surface area contributed by atoms with Gasteiger partial charge in [0.05, 0.1) is 27.9 Å². The molecule has 1 aromatic carbocycles. The fraction of sp³-hybridized carbons (Fsp3) is 0.650. The van der Waals surface area contributed by atoms with Gasteiger partial charge >= 0.3 is 0 Å². The maximum Gasteiger partial charge on any atom is 0.191 e. The van der Waals surface area contributed by atoms with E-state index in [0.29, 0.717) is 18.0 Å². The van der Waals surface area contributed by atoms with E-state index < -0.39 is 0 Å². The highest BCUT2D eigenvalue weighted by Crippen LogP contribution is 2.34. The molecule has 1 rings (SSSR count). The molecule has 2 N–H and O–H groups in total. The number of hydrogen-bond acceptors (Lipinski definition) is 6. The lowest BCUT2D eigenvalue weighted by atomic mass is 10.1. The minimum Gasteiger partial charge on any atom is -0.496 e. The summed E-state index contributed by atoms with van der Waals surface area (Å²) in [6, 6.07) is 3.72. The number of aliphatic imine (C=N–C) groups is 1. The standard InChI is InChI=1S/C20H36N4O4.HI/c1-7-21-20(22-9-11-24(2)10-8-12-25-3)23-15-16-13-18(27-5)19(28-6)14-17(16)26-4;/h13-14H,7-12,15H2,1-6H3,(H2,21,22,23);1H. The van der Waals surface area contributed by atoms with Crippen LogP contribution in [0.4, 0.5) is 0 Å². The maximum atomic E-state index is 5.48. The van der Waals surface area contributed by atoms with E-state index in [9.17, 15) is 0 Å². The maximum absolute atomic E-state index is 5.48. The fourth-order valence-corrected chi connectivity index (χ4v) is 2.68. The third-order valence-electron chi connectivity index (χ3n) is 4.21. The molecule has 0 amide bonds. The minimum atomic E-state index is 0. The smallest absolute Gasteiger partial charge is 0.191 e. The highest BCUT2D eigenvalue weighted by molar-refractivity contribution is 14.0. The Morgan fingerprint density at radius 2 is 1.62 bits per heavy atom. The van der Waals surface area contributed by atoms with Gasteiger partial charge in [0.25, 0.3) is 0 Å². The second-order valence-corrected chi connectivity index (χ2v) is 6.29. The van der Waals surface area contributed by atoms with Crippen LogP contribution in [0.3, 0.4) is 0 Å². The summed E-state index contributed by atoms with van der Waals surface area (Å²) in [5.41, 5.74) is 0.925. The van der Waals surface area contributed by atoms with E-state index in [1.807, 2.05) is 19.1 Å². The Morgan fingerprint density at radius 1 is 0.966 bits per heavy atom. The highest BCUT2D eigenvalue weighted by Gasteiger charge is 2.12. The van der Waals surface area contributed by atoms with Crippen LogP contribution in [0.2, 0.25) is 0 Å². The Hall–Kier alpha value is -1.46. The van der Waals surface area contributed by atoms with Gasteiger partial charge in [-0.05, 0) is 26.5 Å². The molecule has 29 heavy (non-hydrogen) atoms. The van der Waals surface area contributed by atoms with Gasteiger partial charge in [-0.15, -0.1) is 24.0 Å². The molecular weight excluding hydrogens is 487 g/mol. The van der Waals surface area contributed by atoms with E-state index in [4.69, 9.17) is 18.9 Å². The van der Waals surface area contributed by atoms with Gasteiger partial charge in [0, 0.05) is 51.5 Å². The Morgan fingerprint density at radius 3 is 2.21 bits per heavy atom. The third kappa shape index (κ3) is 10.2. The van der Waals surface area contributed by atoms with Crippen LogP contribution >= 0.6 is 24.0 Å². The SMILES string of the molecule is CCNC(=NCc1cc(OC)c(OC)cc1OC)NCCN(C)CCCOC.I. The van der Waals surface area contributed by atoms with Crippen molar-refractivity contribution in [3.05, 3.63) is 17.7 Å². The Labute approximate surface area is 192 Å². The monoisotopic (exact) mass is 524 g/mol. The van der Waals surface area contributed by atoms with E-state index in [0.717, 1.165) is 56.5 Å². The first kappa shape index (κ1) is 27.5. The summed E-state index contributed by atoms with van der Waals surface area (Å²) < 4.78 is 21.3. The minimum absolute atomic E-state index is 0. The van der Waals surface area contributed by atoms with Crippen LogP contribution < -0.4 is 24.8 Å². The zero-order valence-corrected chi connectivity index (χ0v) is 20.9. The molecule has 0 aliphatic rings. The fourth-order valence-electron chi connectivity index (χ4n) is 2.68. The van der Waals surface area contributed by atoms with Crippen LogP contribution in [0.1, 0.15) is 18.9 Å². The molecule has 0 fully saturated rings. The molecule has 0 saturated carbocycles. The van der Waals surface area contributed by atoms with Crippen LogP contribution in [0.25, 0.3) is 0 Å². The number of nitrogens with one attached hydrogen (secondary N) is 2. The van der Waals surface area contributed by atoms with Crippen molar-refractivity contribution < 1.29 is 18.9 Å². The molecule has 0 radical (unpaired) electrons. The molecule has 0 aromatic heterocycles. The van der Waals surface area contributed by atoms with Crippen molar-refractivity contribution in [2.75, 3.05) is 68.3 Å². The lowest BCUT2D eigenvalue weighted by molar-refractivity contribution is 0.180. The summed E-state index contributed by atoms with van der Waals surface area (Å²) in [5, 5.41) is 6.64. The Kier molecular flexibility index (Phi) is 15.5. The second kappa shape index (κ2) is 16.3. The second-order valence-electron chi connectivity index (χ2n) is 6.29. The molecule has 8 nitrogen and oxygen atoms in total. The average molecular weight is 524 g/mol. The van der Waals surface area contributed by atoms with Crippen molar-refractivity contribution in [3.8, 4) is 17.2 Å². The first-order valence-electron chi connectivity index (χ1n) is 9.58. The highest BCUT2D eigenvalue weighted by atomic mass is 127. The van der Waals surface area contributed by atoms with E-state index >= 15 is 0 Å². The molecule has 0 heterocycles. The number of halogens is 1. The Balaban J connectivity index is 0.00000784. The molecule has 0 bridgehead atoms. The molecule has 0 saturated heterocycles. The van der Waals surface area contributed by atoms with E-state index in [1.165, 1.54) is 0 Å². The molecule has 0 atom stereocenters. The topological polar surface area (TPSA) is 76.6 Å². The van der Waals surface area contributed by atoms with Crippen molar-refractivity contribution in [3.63, 3.8) is 0 Å². The summed E-state index contributed by atoms with van der Waals surface area (Å²) in [6.07, 6.45) is 1.03. The van der Waals surface area contributed by atoms with Crippen LogP contribution in [-0.2, 0) is 11.3 Å². The molecule has 1 aromatic rings. The van der Waals surface area contributed by atoms with Crippen LogP contribution in [0.15, 0.2) is 17.1 Å². The quantitative estimate of drug-likeness (QED) is 0.178. The number of guanidine groups is 1. The van der Waals surface area contributed by atoms with Gasteiger partial charge < -0.3 is 34.5 Å². The number of ether oxygens (including phenoxy) is 4. The lowest BCUT2D eigenvalue weighted by Crippen LogP contribution is -2.41. The number of rotatable bonds is 13. The van der Waals surface area contributed by atoms with Crippen LogP contribution in [-0.4, -0.2) is 79.1 Å². The van der Waals surface area contributed by atoms with Crippen molar-refractivity contribution in [1.82, 2.24) is 15.5 Å². The van der Waals surface area contributed by atoms with Gasteiger partial charge in [-0.2, -0.15) is 0 Å². The third-order valence-corrected chi connectivity index (χ3v) is 4.21. The summed E-state index contributed by atoms with van der Waals surface area (Å²) in [7, 11) is 8.70. The van der Waals surface area contributed by atoms with Gasteiger partial charge in [-0.1, -0.05) is 0 Å².